The molecule has 0 bridgehead atoms. The zero-order valence-corrected chi connectivity index (χ0v) is 8.67. The van der Waals surface area contributed by atoms with Crippen LogP contribution in [0.25, 0.3) is 0 Å². The van der Waals surface area contributed by atoms with Gasteiger partial charge in [-0.15, -0.1) is 0 Å². The lowest BCUT2D eigenvalue weighted by Crippen LogP contribution is -2.45. The molecule has 4 nitrogen and oxygen atoms in total. The first-order valence-corrected chi connectivity index (χ1v) is 5.22. The topological polar surface area (TPSA) is 56.5 Å². The van der Waals surface area contributed by atoms with Crippen LogP contribution in [0.1, 0.15) is 23.9 Å². The van der Waals surface area contributed by atoms with E-state index in [0.29, 0.717) is 0 Å². The molecule has 1 unspecified atom stereocenters. The number of hydrogen-bond acceptors (Lipinski definition) is 2. The fourth-order valence-corrected chi connectivity index (χ4v) is 2.34. The summed E-state index contributed by atoms with van der Waals surface area (Å²) >= 11 is 0. The summed E-state index contributed by atoms with van der Waals surface area (Å²) in [6, 6.07) is 2.09. The standard InChI is InChI=1S/C11H14N4/c1-11(8-2-4-12-6-8)10-9(3-5-15-11)13-7-14-10/h2,4,6-7,12,15H,3,5H2,1H3,(H,13,14). The highest BCUT2D eigenvalue weighted by Gasteiger charge is 2.35. The van der Waals surface area contributed by atoms with Crippen LogP contribution in [0.2, 0.25) is 0 Å². The number of aromatic amines is 2. The van der Waals surface area contributed by atoms with E-state index in [4.69, 9.17) is 0 Å². The van der Waals surface area contributed by atoms with Crippen LogP contribution in [-0.4, -0.2) is 21.5 Å². The van der Waals surface area contributed by atoms with E-state index < -0.39 is 0 Å². The minimum absolute atomic E-state index is 0.159. The zero-order chi connectivity index (χ0) is 10.3. The van der Waals surface area contributed by atoms with Crippen LogP contribution < -0.4 is 5.32 Å². The van der Waals surface area contributed by atoms with E-state index in [1.807, 2.05) is 12.4 Å². The first-order chi connectivity index (χ1) is 7.31. The van der Waals surface area contributed by atoms with Crippen LogP contribution in [0.3, 0.4) is 0 Å². The summed E-state index contributed by atoms with van der Waals surface area (Å²) in [6.45, 7) is 3.16. The van der Waals surface area contributed by atoms with E-state index >= 15 is 0 Å². The lowest BCUT2D eigenvalue weighted by molar-refractivity contribution is 0.404. The average Bonchev–Trinajstić information content (AvgIpc) is 2.89. The molecule has 1 atom stereocenters. The van der Waals surface area contributed by atoms with Gasteiger partial charge in [-0.3, -0.25) is 0 Å². The maximum absolute atomic E-state index is 4.43. The second-order valence-electron chi connectivity index (χ2n) is 4.13. The molecule has 2 aromatic heterocycles. The Morgan fingerprint density at radius 3 is 3.20 bits per heavy atom. The van der Waals surface area contributed by atoms with Crippen molar-refractivity contribution in [1.82, 2.24) is 20.3 Å². The molecular weight excluding hydrogens is 188 g/mol. The molecular formula is C11H14N4. The molecule has 78 valence electrons. The Hall–Kier alpha value is -1.55. The van der Waals surface area contributed by atoms with Gasteiger partial charge in [-0.1, -0.05) is 0 Å². The van der Waals surface area contributed by atoms with Gasteiger partial charge in [-0.2, -0.15) is 0 Å². The fourth-order valence-electron chi connectivity index (χ4n) is 2.34. The van der Waals surface area contributed by atoms with Gasteiger partial charge in [-0.05, 0) is 18.6 Å². The van der Waals surface area contributed by atoms with Gasteiger partial charge in [0.05, 0.1) is 17.6 Å². The highest BCUT2D eigenvalue weighted by Crippen LogP contribution is 2.32. The van der Waals surface area contributed by atoms with Crippen LogP contribution in [0.15, 0.2) is 24.8 Å². The van der Waals surface area contributed by atoms with Crippen molar-refractivity contribution in [1.29, 1.82) is 0 Å². The molecule has 1 aliphatic heterocycles. The maximum atomic E-state index is 4.43. The first-order valence-electron chi connectivity index (χ1n) is 5.22. The largest absolute Gasteiger partial charge is 0.367 e. The second-order valence-corrected chi connectivity index (χ2v) is 4.13. The van der Waals surface area contributed by atoms with Gasteiger partial charge >= 0.3 is 0 Å². The molecule has 4 heteroatoms. The molecule has 0 aliphatic carbocycles. The summed E-state index contributed by atoms with van der Waals surface area (Å²) < 4.78 is 0. The number of aromatic nitrogens is 3. The molecule has 0 saturated carbocycles. The molecule has 15 heavy (non-hydrogen) atoms. The number of rotatable bonds is 1. The van der Waals surface area contributed by atoms with Crippen molar-refractivity contribution in [3.63, 3.8) is 0 Å². The Morgan fingerprint density at radius 1 is 1.47 bits per heavy atom. The molecule has 2 aromatic rings. The molecule has 3 N–H and O–H groups in total. The Morgan fingerprint density at radius 2 is 2.40 bits per heavy atom. The van der Waals surface area contributed by atoms with Crippen molar-refractivity contribution < 1.29 is 0 Å². The highest BCUT2D eigenvalue weighted by atomic mass is 15.1. The van der Waals surface area contributed by atoms with E-state index in [-0.39, 0.29) is 5.54 Å². The van der Waals surface area contributed by atoms with Crippen LogP contribution >= 0.6 is 0 Å². The Bertz CT molecular complexity index is 457. The number of imidazole rings is 1. The minimum atomic E-state index is -0.159. The maximum Gasteiger partial charge on any atom is 0.0926 e. The van der Waals surface area contributed by atoms with Crippen LogP contribution in [0, 0.1) is 0 Å². The monoisotopic (exact) mass is 202 g/mol. The minimum Gasteiger partial charge on any atom is -0.367 e. The molecule has 3 rings (SSSR count). The third kappa shape index (κ3) is 1.15. The van der Waals surface area contributed by atoms with E-state index in [1.54, 1.807) is 6.33 Å². The summed E-state index contributed by atoms with van der Waals surface area (Å²) in [5.41, 5.74) is 3.44. The number of nitrogens with zero attached hydrogens (tertiary/aromatic N) is 1. The molecule has 3 heterocycles. The third-order valence-corrected chi connectivity index (χ3v) is 3.22. The summed E-state index contributed by atoms with van der Waals surface area (Å²) in [6.07, 6.45) is 6.78. The molecule has 1 aliphatic rings. The van der Waals surface area contributed by atoms with Crippen molar-refractivity contribution >= 4 is 0 Å². The first kappa shape index (κ1) is 8.73. The Balaban J connectivity index is 2.15. The van der Waals surface area contributed by atoms with E-state index in [2.05, 4.69) is 33.3 Å². The fraction of sp³-hybridized carbons (Fsp3) is 0.364. The van der Waals surface area contributed by atoms with E-state index in [9.17, 15) is 0 Å². The summed E-state index contributed by atoms with van der Waals surface area (Å²) in [7, 11) is 0. The van der Waals surface area contributed by atoms with Crippen molar-refractivity contribution in [3.8, 4) is 0 Å². The predicted molar refractivity (Wildman–Crippen MR) is 57.5 cm³/mol. The highest BCUT2D eigenvalue weighted by molar-refractivity contribution is 5.36. The third-order valence-electron chi connectivity index (χ3n) is 3.22. The number of fused-ring (bicyclic) bond motifs is 1. The van der Waals surface area contributed by atoms with Gasteiger partial charge in [0, 0.05) is 31.1 Å². The quantitative estimate of drug-likeness (QED) is 0.649. The molecule has 0 aromatic carbocycles. The number of nitrogens with one attached hydrogen (secondary N) is 3. The van der Waals surface area contributed by atoms with Gasteiger partial charge in [0.1, 0.15) is 0 Å². The summed E-state index contributed by atoms with van der Waals surface area (Å²) in [4.78, 5) is 10.7. The Labute approximate surface area is 88.1 Å². The SMILES string of the molecule is CC1(c2cc[nH]c2)NCCc2[nH]cnc21. The average molecular weight is 202 g/mol. The smallest absolute Gasteiger partial charge is 0.0926 e. The zero-order valence-electron chi connectivity index (χ0n) is 8.67. The molecule has 0 amide bonds. The van der Waals surface area contributed by atoms with Crippen molar-refractivity contribution in [2.45, 2.75) is 18.9 Å². The molecule has 0 fully saturated rings. The molecule has 0 radical (unpaired) electrons. The van der Waals surface area contributed by atoms with Gasteiger partial charge in [0.25, 0.3) is 0 Å². The number of hydrogen-bond donors (Lipinski definition) is 3. The Kier molecular flexibility index (Phi) is 1.73. The second kappa shape index (κ2) is 2.97. The van der Waals surface area contributed by atoms with E-state index in [0.717, 1.165) is 18.7 Å². The lowest BCUT2D eigenvalue weighted by Gasteiger charge is -2.33. The van der Waals surface area contributed by atoms with Crippen LogP contribution in [0.5, 0.6) is 0 Å². The van der Waals surface area contributed by atoms with Gasteiger partial charge in [-0.25, -0.2) is 4.98 Å². The van der Waals surface area contributed by atoms with Gasteiger partial charge in [0.15, 0.2) is 0 Å². The summed E-state index contributed by atoms with van der Waals surface area (Å²) in [5, 5.41) is 3.54. The normalized spacial score (nSPS) is 25.1. The van der Waals surface area contributed by atoms with Crippen molar-refractivity contribution in [3.05, 3.63) is 41.7 Å². The number of H-pyrrole nitrogens is 2. The predicted octanol–water partition coefficient (Wildman–Crippen LogP) is 1.15. The lowest BCUT2D eigenvalue weighted by atomic mass is 9.86. The molecule has 0 saturated heterocycles. The van der Waals surface area contributed by atoms with Gasteiger partial charge < -0.3 is 15.3 Å². The summed E-state index contributed by atoms with van der Waals surface area (Å²) in [5.74, 6) is 0. The van der Waals surface area contributed by atoms with E-state index in [1.165, 1.54) is 11.3 Å². The van der Waals surface area contributed by atoms with Crippen LogP contribution in [-0.2, 0) is 12.0 Å². The van der Waals surface area contributed by atoms with Gasteiger partial charge in [0.2, 0.25) is 0 Å². The van der Waals surface area contributed by atoms with Crippen molar-refractivity contribution in [2.24, 2.45) is 0 Å². The molecule has 0 spiro atoms. The van der Waals surface area contributed by atoms with Crippen LogP contribution in [0.4, 0.5) is 0 Å². The van der Waals surface area contributed by atoms with Crippen molar-refractivity contribution in [2.75, 3.05) is 6.54 Å².